The Hall–Kier alpha value is -1.12. The third-order valence-electron chi connectivity index (χ3n) is 3.74. The Morgan fingerprint density at radius 3 is 2.61 bits per heavy atom. The Morgan fingerprint density at radius 2 is 1.96 bits per heavy atom. The fraction of sp³-hybridized carbons (Fsp3) is 0.400. The number of piperidine rings is 1. The highest BCUT2D eigenvalue weighted by Crippen LogP contribution is 2.34. The zero-order valence-electron chi connectivity index (χ0n) is 12.3. The molecular weight excluding hydrogens is 400 g/mol. The van der Waals surface area contributed by atoms with Crippen molar-refractivity contribution in [3.63, 3.8) is 0 Å². The lowest BCUT2D eigenvalue weighted by molar-refractivity contribution is -0.136. The van der Waals surface area contributed by atoms with E-state index in [1.54, 1.807) is 11.0 Å². The number of carbonyl (C=O) groups excluding carboxylic acids is 3. The van der Waals surface area contributed by atoms with Gasteiger partial charge < -0.3 is 4.90 Å². The number of amides is 3. The fourth-order valence-corrected chi connectivity index (χ4v) is 4.82. The molecule has 0 unspecified atom stereocenters. The number of carbonyl (C=O) groups is 3. The minimum atomic E-state index is -0.380. The Morgan fingerprint density at radius 1 is 1.22 bits per heavy atom. The molecule has 0 saturated carbocycles. The Balaban J connectivity index is 1.68. The van der Waals surface area contributed by atoms with Gasteiger partial charge in [-0.1, -0.05) is 0 Å². The van der Waals surface area contributed by atoms with Crippen molar-refractivity contribution >= 4 is 62.2 Å². The first-order valence-corrected chi connectivity index (χ1v) is 9.75. The Bertz CT molecular complexity index is 680. The van der Waals surface area contributed by atoms with E-state index in [0.717, 1.165) is 44.6 Å². The first-order valence-electron chi connectivity index (χ1n) is 7.33. The van der Waals surface area contributed by atoms with Crippen molar-refractivity contribution in [3.8, 4) is 0 Å². The number of hydrogen-bond acceptors (Lipinski definition) is 5. The van der Waals surface area contributed by atoms with Gasteiger partial charge in [-0.3, -0.25) is 19.3 Å². The van der Waals surface area contributed by atoms with E-state index in [1.165, 1.54) is 11.3 Å². The third kappa shape index (κ3) is 3.87. The van der Waals surface area contributed by atoms with Gasteiger partial charge in [-0.05, 0) is 65.2 Å². The highest BCUT2D eigenvalue weighted by molar-refractivity contribution is 9.11. The number of rotatable bonds is 3. The lowest BCUT2D eigenvalue weighted by Gasteiger charge is -2.27. The second-order valence-corrected chi connectivity index (χ2v) is 8.84. The van der Waals surface area contributed by atoms with Crippen LogP contribution in [0.5, 0.6) is 0 Å². The first kappa shape index (κ1) is 16.7. The number of imide groups is 1. The van der Waals surface area contributed by atoms with Crippen molar-refractivity contribution in [2.24, 2.45) is 0 Å². The second kappa shape index (κ2) is 7.19. The first-order chi connectivity index (χ1) is 11.0. The summed E-state index contributed by atoms with van der Waals surface area (Å²) in [5.41, 5.74) is 0. The predicted octanol–water partition coefficient (Wildman–Crippen LogP) is 3.56. The molecule has 1 aromatic rings. The van der Waals surface area contributed by atoms with Gasteiger partial charge in [0, 0.05) is 18.0 Å². The molecule has 0 bridgehead atoms. The van der Waals surface area contributed by atoms with Crippen LogP contribution in [0.25, 0.3) is 6.08 Å². The summed E-state index contributed by atoms with van der Waals surface area (Å²) >= 11 is 5.75. The van der Waals surface area contributed by atoms with Gasteiger partial charge in [-0.15, -0.1) is 11.3 Å². The molecule has 0 spiro atoms. The summed E-state index contributed by atoms with van der Waals surface area (Å²) < 4.78 is 0.961. The number of thiophene rings is 1. The number of halogens is 1. The van der Waals surface area contributed by atoms with E-state index in [9.17, 15) is 14.4 Å². The largest absolute Gasteiger partial charge is 0.341 e. The average molecular weight is 415 g/mol. The molecule has 0 radical (unpaired) electrons. The number of nitrogens with zero attached hydrogens (tertiary/aromatic N) is 2. The maximum Gasteiger partial charge on any atom is 0.294 e. The monoisotopic (exact) mass is 414 g/mol. The van der Waals surface area contributed by atoms with Gasteiger partial charge in [0.05, 0.1) is 8.69 Å². The van der Waals surface area contributed by atoms with Crippen molar-refractivity contribution in [1.82, 2.24) is 9.80 Å². The summed E-state index contributed by atoms with van der Waals surface area (Å²) in [6.07, 6.45) is 4.80. The normalized spacial score (nSPS) is 20.7. The van der Waals surface area contributed by atoms with E-state index in [0.29, 0.717) is 18.0 Å². The zero-order valence-corrected chi connectivity index (χ0v) is 15.5. The maximum absolute atomic E-state index is 12.4. The molecule has 8 heteroatoms. The van der Waals surface area contributed by atoms with Crippen LogP contribution >= 0.6 is 39.0 Å². The molecule has 23 heavy (non-hydrogen) atoms. The number of hydrogen-bond donors (Lipinski definition) is 0. The Labute approximate surface area is 150 Å². The van der Waals surface area contributed by atoms with Gasteiger partial charge in [0.2, 0.25) is 5.91 Å². The van der Waals surface area contributed by atoms with Gasteiger partial charge in [-0.2, -0.15) is 0 Å². The highest BCUT2D eigenvalue weighted by atomic mass is 79.9. The van der Waals surface area contributed by atoms with Gasteiger partial charge in [-0.25, -0.2) is 0 Å². The molecule has 3 rings (SSSR count). The number of likely N-dealkylation sites (tertiary alicyclic amines) is 1. The van der Waals surface area contributed by atoms with Crippen LogP contribution in [0, 0.1) is 0 Å². The van der Waals surface area contributed by atoms with Crippen LogP contribution < -0.4 is 0 Å². The molecular formula is C15H15BrN2O3S2. The standard InChI is InChI=1S/C15H15BrN2O3S2/c16-12-5-4-10(22-12)8-11-14(20)18(15(21)23-11)9-13(19)17-6-2-1-3-7-17/h4-5,8H,1-3,6-7,9H2/b11-8-. The fourth-order valence-electron chi connectivity index (χ4n) is 2.55. The quantitative estimate of drug-likeness (QED) is 0.709. The van der Waals surface area contributed by atoms with Crippen LogP contribution in [0.3, 0.4) is 0 Å². The topological polar surface area (TPSA) is 57.7 Å². The van der Waals surface area contributed by atoms with Crippen molar-refractivity contribution in [2.45, 2.75) is 19.3 Å². The van der Waals surface area contributed by atoms with Crippen molar-refractivity contribution < 1.29 is 14.4 Å². The van der Waals surface area contributed by atoms with E-state index >= 15 is 0 Å². The lowest BCUT2D eigenvalue weighted by atomic mass is 10.1. The third-order valence-corrected chi connectivity index (χ3v) is 6.22. The molecule has 0 N–H and O–H groups in total. The molecule has 2 aliphatic rings. The SMILES string of the molecule is O=C(CN1C(=O)S/C(=C\c2ccc(Br)s2)C1=O)N1CCCCC1. The summed E-state index contributed by atoms with van der Waals surface area (Å²) in [7, 11) is 0. The highest BCUT2D eigenvalue weighted by Gasteiger charge is 2.37. The van der Waals surface area contributed by atoms with Gasteiger partial charge in [0.1, 0.15) is 6.54 Å². The molecule has 2 aliphatic heterocycles. The molecule has 3 amide bonds. The predicted molar refractivity (Wildman–Crippen MR) is 95.1 cm³/mol. The summed E-state index contributed by atoms with van der Waals surface area (Å²) in [4.78, 5) is 40.8. The van der Waals surface area contributed by atoms with Gasteiger partial charge in [0.25, 0.3) is 11.1 Å². The van der Waals surface area contributed by atoms with E-state index in [4.69, 9.17) is 0 Å². The summed E-state index contributed by atoms with van der Waals surface area (Å²) in [5, 5.41) is -0.373. The van der Waals surface area contributed by atoms with Crippen LogP contribution in [0.1, 0.15) is 24.1 Å². The molecule has 2 saturated heterocycles. The van der Waals surface area contributed by atoms with Crippen LogP contribution in [0.2, 0.25) is 0 Å². The summed E-state index contributed by atoms with van der Waals surface area (Å²) in [5.74, 6) is -0.526. The molecule has 5 nitrogen and oxygen atoms in total. The van der Waals surface area contributed by atoms with E-state index < -0.39 is 0 Å². The second-order valence-electron chi connectivity index (χ2n) is 5.35. The maximum atomic E-state index is 12.4. The molecule has 1 aromatic heterocycles. The van der Waals surface area contributed by atoms with Crippen LogP contribution in [0.4, 0.5) is 4.79 Å². The lowest BCUT2D eigenvalue weighted by Crippen LogP contribution is -2.44. The van der Waals surface area contributed by atoms with E-state index in [2.05, 4.69) is 15.9 Å². The van der Waals surface area contributed by atoms with Gasteiger partial charge in [0.15, 0.2) is 0 Å². The molecule has 0 aliphatic carbocycles. The Kier molecular flexibility index (Phi) is 5.23. The molecule has 0 aromatic carbocycles. The summed E-state index contributed by atoms with van der Waals surface area (Å²) in [6.45, 7) is 1.28. The van der Waals surface area contributed by atoms with Crippen LogP contribution in [0.15, 0.2) is 20.8 Å². The zero-order chi connectivity index (χ0) is 16.4. The minimum absolute atomic E-state index is 0.146. The molecule has 0 atom stereocenters. The van der Waals surface area contributed by atoms with Gasteiger partial charge >= 0.3 is 0 Å². The average Bonchev–Trinajstić information content (AvgIpc) is 3.07. The van der Waals surface area contributed by atoms with Crippen molar-refractivity contribution in [2.75, 3.05) is 19.6 Å². The van der Waals surface area contributed by atoms with Crippen LogP contribution in [-0.2, 0) is 9.59 Å². The van der Waals surface area contributed by atoms with Crippen molar-refractivity contribution in [3.05, 3.63) is 25.7 Å². The molecule has 122 valence electrons. The summed E-state index contributed by atoms with van der Waals surface area (Å²) in [6, 6.07) is 3.77. The molecule has 2 fully saturated rings. The van der Waals surface area contributed by atoms with Crippen LogP contribution in [-0.4, -0.2) is 46.5 Å². The van der Waals surface area contributed by atoms with E-state index in [1.807, 2.05) is 12.1 Å². The van der Waals surface area contributed by atoms with Crippen molar-refractivity contribution in [1.29, 1.82) is 0 Å². The number of thioether (sulfide) groups is 1. The smallest absolute Gasteiger partial charge is 0.294 e. The minimum Gasteiger partial charge on any atom is -0.341 e. The van der Waals surface area contributed by atoms with E-state index in [-0.39, 0.29) is 23.6 Å². The molecule has 3 heterocycles.